The number of Topliss-reactive ketones (excluding diaryl/α,β-unsaturated/α-hetero) is 1. The van der Waals surface area contributed by atoms with Crippen molar-refractivity contribution in [3.8, 4) is 0 Å². The van der Waals surface area contributed by atoms with Crippen LogP contribution in [0, 0.1) is 17.6 Å². The van der Waals surface area contributed by atoms with Crippen LogP contribution in [0.5, 0.6) is 0 Å². The number of hydrogen-bond acceptors (Lipinski definition) is 1. The number of ketones is 1. The summed E-state index contributed by atoms with van der Waals surface area (Å²) in [7, 11) is 0. The summed E-state index contributed by atoms with van der Waals surface area (Å²) in [4.78, 5) is 11.5. The smallest absolute Gasteiger partial charge is 0.169 e. The van der Waals surface area contributed by atoms with Gasteiger partial charge in [-0.15, -0.1) is 0 Å². The Morgan fingerprint density at radius 3 is 2.73 bits per heavy atom. The molecule has 80 valence electrons. The van der Waals surface area contributed by atoms with Crippen molar-refractivity contribution in [2.75, 3.05) is 0 Å². The molecule has 0 aromatic heterocycles. The topological polar surface area (TPSA) is 17.1 Å². The number of benzene rings is 1. The molecule has 0 amide bonds. The van der Waals surface area contributed by atoms with Gasteiger partial charge < -0.3 is 0 Å². The van der Waals surface area contributed by atoms with E-state index in [2.05, 4.69) is 0 Å². The van der Waals surface area contributed by atoms with Crippen molar-refractivity contribution in [3.63, 3.8) is 0 Å². The molecule has 0 bridgehead atoms. The number of hydrogen-bond donors (Lipinski definition) is 0. The third-order valence-corrected chi connectivity index (χ3v) is 2.73. The molecule has 0 saturated heterocycles. The molecule has 2 rings (SSSR count). The van der Waals surface area contributed by atoms with Crippen molar-refractivity contribution in [1.29, 1.82) is 0 Å². The summed E-state index contributed by atoms with van der Waals surface area (Å²) < 4.78 is 26.0. The van der Waals surface area contributed by atoms with E-state index in [4.69, 9.17) is 0 Å². The van der Waals surface area contributed by atoms with Gasteiger partial charge in [0.2, 0.25) is 0 Å². The minimum atomic E-state index is -1.02. The van der Waals surface area contributed by atoms with Gasteiger partial charge in [0.1, 0.15) is 0 Å². The second-order valence-electron chi connectivity index (χ2n) is 4.01. The third-order valence-electron chi connectivity index (χ3n) is 2.73. The van der Waals surface area contributed by atoms with E-state index < -0.39 is 11.6 Å². The number of carbonyl (C=O) groups excluding carboxylic acids is 1. The van der Waals surface area contributed by atoms with E-state index in [0.717, 1.165) is 12.5 Å². The van der Waals surface area contributed by atoms with Gasteiger partial charge in [-0.2, -0.15) is 0 Å². The lowest BCUT2D eigenvalue weighted by molar-refractivity contribution is 0.0973. The number of carbonyl (C=O) groups is 1. The Hall–Kier alpha value is -1.25. The normalized spacial score (nSPS) is 15.3. The second kappa shape index (κ2) is 4.09. The largest absolute Gasteiger partial charge is 0.294 e. The average molecular weight is 210 g/mol. The molecular weight excluding hydrogens is 198 g/mol. The van der Waals surface area contributed by atoms with E-state index in [1.807, 2.05) is 0 Å². The molecule has 1 aromatic carbocycles. The van der Waals surface area contributed by atoms with Crippen molar-refractivity contribution in [3.05, 3.63) is 35.4 Å². The fraction of sp³-hybridized carbons (Fsp3) is 0.417. The molecule has 0 heterocycles. The minimum absolute atomic E-state index is 0.115. The van der Waals surface area contributed by atoms with Crippen LogP contribution >= 0.6 is 0 Å². The van der Waals surface area contributed by atoms with Crippen molar-refractivity contribution in [2.45, 2.75) is 25.7 Å². The molecule has 3 heteroatoms. The van der Waals surface area contributed by atoms with E-state index >= 15 is 0 Å². The van der Waals surface area contributed by atoms with E-state index in [1.54, 1.807) is 0 Å². The molecule has 1 aliphatic rings. The van der Waals surface area contributed by atoms with E-state index in [1.165, 1.54) is 25.0 Å². The molecule has 1 fully saturated rings. The standard InChI is InChI=1S/C12H12F2O/c13-10-3-1-2-9(12(10)14)11(15)7-6-8-4-5-8/h1-3,8H,4-7H2. The SMILES string of the molecule is O=C(CCC1CC1)c1cccc(F)c1F. The van der Waals surface area contributed by atoms with Crippen molar-refractivity contribution >= 4 is 5.78 Å². The van der Waals surface area contributed by atoms with Gasteiger partial charge in [0, 0.05) is 6.42 Å². The molecular formula is C12H12F2O. The van der Waals surface area contributed by atoms with Crippen LogP contribution in [0.2, 0.25) is 0 Å². The summed E-state index contributed by atoms with van der Waals surface area (Å²) in [5, 5.41) is 0. The highest BCUT2D eigenvalue weighted by Crippen LogP contribution is 2.34. The Morgan fingerprint density at radius 1 is 1.33 bits per heavy atom. The van der Waals surface area contributed by atoms with Crippen LogP contribution in [0.3, 0.4) is 0 Å². The first kappa shape index (κ1) is 10.3. The Morgan fingerprint density at radius 2 is 2.07 bits per heavy atom. The first-order valence-electron chi connectivity index (χ1n) is 5.15. The Balaban J connectivity index is 2.06. The van der Waals surface area contributed by atoms with Gasteiger partial charge in [-0.25, -0.2) is 8.78 Å². The molecule has 0 unspecified atom stereocenters. The third kappa shape index (κ3) is 2.41. The van der Waals surface area contributed by atoms with Crippen LogP contribution in [0.25, 0.3) is 0 Å². The zero-order valence-corrected chi connectivity index (χ0v) is 8.30. The van der Waals surface area contributed by atoms with Crippen LogP contribution in [-0.2, 0) is 0 Å². The van der Waals surface area contributed by atoms with Crippen molar-refractivity contribution < 1.29 is 13.6 Å². The molecule has 15 heavy (non-hydrogen) atoms. The monoisotopic (exact) mass is 210 g/mol. The summed E-state index contributed by atoms with van der Waals surface area (Å²) in [5.74, 6) is -1.63. The lowest BCUT2D eigenvalue weighted by atomic mass is 10.0. The maximum Gasteiger partial charge on any atom is 0.169 e. The van der Waals surface area contributed by atoms with Gasteiger partial charge in [0.15, 0.2) is 17.4 Å². The van der Waals surface area contributed by atoms with Gasteiger partial charge in [0.05, 0.1) is 5.56 Å². The summed E-state index contributed by atoms with van der Waals surface area (Å²) in [6.45, 7) is 0. The lowest BCUT2D eigenvalue weighted by Gasteiger charge is -2.02. The highest BCUT2D eigenvalue weighted by molar-refractivity contribution is 5.96. The van der Waals surface area contributed by atoms with Gasteiger partial charge in [-0.1, -0.05) is 18.9 Å². The highest BCUT2D eigenvalue weighted by Gasteiger charge is 2.23. The van der Waals surface area contributed by atoms with Crippen LogP contribution in [0.15, 0.2) is 18.2 Å². The molecule has 0 N–H and O–H groups in total. The molecule has 1 nitrogen and oxygen atoms in total. The molecule has 0 radical (unpaired) electrons. The molecule has 0 aliphatic heterocycles. The minimum Gasteiger partial charge on any atom is -0.294 e. The number of halogens is 2. The second-order valence-corrected chi connectivity index (χ2v) is 4.01. The van der Waals surface area contributed by atoms with Gasteiger partial charge in [-0.3, -0.25) is 4.79 Å². The van der Waals surface area contributed by atoms with Crippen LogP contribution in [0.1, 0.15) is 36.0 Å². The molecule has 1 aromatic rings. The molecule has 1 aliphatic carbocycles. The Labute approximate surface area is 87.1 Å². The Bertz CT molecular complexity index is 383. The quantitative estimate of drug-likeness (QED) is 0.696. The first-order valence-corrected chi connectivity index (χ1v) is 5.15. The van der Waals surface area contributed by atoms with E-state index in [0.29, 0.717) is 12.3 Å². The average Bonchev–Trinajstić information content (AvgIpc) is 3.02. The zero-order valence-electron chi connectivity index (χ0n) is 8.30. The van der Waals surface area contributed by atoms with Crippen LogP contribution < -0.4 is 0 Å². The maximum atomic E-state index is 13.2. The van der Waals surface area contributed by atoms with Crippen LogP contribution in [0.4, 0.5) is 8.78 Å². The summed E-state index contributed by atoms with van der Waals surface area (Å²) in [6.07, 6.45) is 3.46. The maximum absolute atomic E-state index is 13.2. The highest BCUT2D eigenvalue weighted by atomic mass is 19.2. The van der Waals surface area contributed by atoms with E-state index in [-0.39, 0.29) is 11.3 Å². The van der Waals surface area contributed by atoms with E-state index in [9.17, 15) is 13.6 Å². The predicted octanol–water partition coefficient (Wildman–Crippen LogP) is 3.34. The van der Waals surface area contributed by atoms with Gasteiger partial charge in [-0.05, 0) is 24.5 Å². The fourth-order valence-corrected chi connectivity index (χ4v) is 1.60. The van der Waals surface area contributed by atoms with Crippen molar-refractivity contribution in [1.82, 2.24) is 0 Å². The van der Waals surface area contributed by atoms with Crippen LogP contribution in [-0.4, -0.2) is 5.78 Å². The predicted molar refractivity (Wildman–Crippen MR) is 52.6 cm³/mol. The van der Waals surface area contributed by atoms with Gasteiger partial charge >= 0.3 is 0 Å². The molecule has 0 spiro atoms. The number of rotatable bonds is 4. The van der Waals surface area contributed by atoms with Gasteiger partial charge in [0.25, 0.3) is 0 Å². The molecule has 1 saturated carbocycles. The molecule has 0 atom stereocenters. The van der Waals surface area contributed by atoms with Crippen molar-refractivity contribution in [2.24, 2.45) is 5.92 Å². The lowest BCUT2D eigenvalue weighted by Crippen LogP contribution is -2.04. The summed E-state index contributed by atoms with van der Waals surface area (Å²) in [5.41, 5.74) is -0.115. The summed E-state index contributed by atoms with van der Waals surface area (Å²) >= 11 is 0. The first-order chi connectivity index (χ1) is 7.18. The fourth-order valence-electron chi connectivity index (χ4n) is 1.60. The Kier molecular flexibility index (Phi) is 2.80. The summed E-state index contributed by atoms with van der Waals surface area (Å²) in [6, 6.07) is 3.73. The zero-order chi connectivity index (χ0) is 10.8.